The van der Waals surface area contributed by atoms with Crippen LogP contribution >= 0.6 is 11.5 Å². The summed E-state index contributed by atoms with van der Waals surface area (Å²) >= 11 is 1.03. The third-order valence-electron chi connectivity index (χ3n) is 2.27. The van der Waals surface area contributed by atoms with Gasteiger partial charge in [0, 0.05) is 0 Å². The van der Waals surface area contributed by atoms with Gasteiger partial charge in [-0.25, -0.2) is 0 Å². The molecule has 0 atom stereocenters. The molecular formula is C10H12N6O3S. The second kappa shape index (κ2) is 6.19. The summed E-state index contributed by atoms with van der Waals surface area (Å²) in [7, 11) is 2.87. The maximum absolute atomic E-state index is 11.9. The van der Waals surface area contributed by atoms with E-state index in [1.165, 1.54) is 14.2 Å². The number of hydrogen-bond donors (Lipinski definition) is 1. The van der Waals surface area contributed by atoms with Crippen molar-refractivity contribution < 1.29 is 14.3 Å². The van der Waals surface area contributed by atoms with Gasteiger partial charge in [-0.3, -0.25) is 4.79 Å². The lowest BCUT2D eigenvalue weighted by Crippen LogP contribution is -2.24. The molecule has 9 nitrogen and oxygen atoms in total. The first-order valence-electron chi connectivity index (χ1n) is 5.54. The van der Waals surface area contributed by atoms with E-state index in [2.05, 4.69) is 29.9 Å². The van der Waals surface area contributed by atoms with Crippen molar-refractivity contribution in [3.05, 3.63) is 16.4 Å². The molecule has 0 aliphatic heterocycles. The highest BCUT2D eigenvalue weighted by Gasteiger charge is 2.14. The normalized spacial score (nSPS) is 10.2. The Balaban J connectivity index is 2.07. The first kappa shape index (κ1) is 14.1. The Morgan fingerprint density at radius 1 is 1.20 bits per heavy atom. The number of hydrogen-bond acceptors (Lipinski definition) is 9. The molecule has 106 valence electrons. The molecule has 0 aliphatic carbocycles. The zero-order valence-electron chi connectivity index (χ0n) is 11.1. The Labute approximate surface area is 118 Å². The van der Waals surface area contributed by atoms with Crippen molar-refractivity contribution in [2.45, 2.75) is 13.5 Å². The second-order valence-corrected chi connectivity index (χ2v) is 4.35. The number of rotatable bonds is 5. The second-order valence-electron chi connectivity index (χ2n) is 3.60. The number of amides is 1. The smallest absolute Gasteiger partial charge is 0.322 e. The van der Waals surface area contributed by atoms with Crippen LogP contribution in [0.15, 0.2) is 0 Å². The van der Waals surface area contributed by atoms with E-state index in [-0.39, 0.29) is 24.5 Å². The fraction of sp³-hybridized carbons (Fsp3) is 0.400. The molecule has 1 N–H and O–H groups in total. The fourth-order valence-corrected chi connectivity index (χ4v) is 1.89. The van der Waals surface area contributed by atoms with Crippen LogP contribution in [0.25, 0.3) is 0 Å². The molecule has 0 radical (unpaired) electrons. The van der Waals surface area contributed by atoms with Gasteiger partial charge in [0.1, 0.15) is 4.88 Å². The minimum absolute atomic E-state index is 0.116. The van der Waals surface area contributed by atoms with Gasteiger partial charge in [-0.05, 0) is 18.5 Å². The van der Waals surface area contributed by atoms with Gasteiger partial charge in [-0.2, -0.15) is 9.97 Å². The summed E-state index contributed by atoms with van der Waals surface area (Å²) in [6, 6.07) is 0.244. The van der Waals surface area contributed by atoms with Gasteiger partial charge in [0.05, 0.1) is 26.5 Å². The Morgan fingerprint density at radius 2 is 1.85 bits per heavy atom. The van der Waals surface area contributed by atoms with Crippen molar-refractivity contribution in [2.24, 2.45) is 0 Å². The lowest BCUT2D eigenvalue weighted by molar-refractivity contribution is 0.0952. The molecule has 0 saturated carbocycles. The van der Waals surface area contributed by atoms with Crippen molar-refractivity contribution in [1.29, 1.82) is 0 Å². The van der Waals surface area contributed by atoms with Crippen LogP contribution in [0.5, 0.6) is 12.0 Å². The Morgan fingerprint density at radius 3 is 2.35 bits per heavy atom. The largest absolute Gasteiger partial charge is 0.467 e. The van der Waals surface area contributed by atoms with Crippen LogP contribution in [-0.2, 0) is 6.54 Å². The van der Waals surface area contributed by atoms with Crippen molar-refractivity contribution in [2.75, 3.05) is 14.2 Å². The molecule has 0 bridgehead atoms. The maximum atomic E-state index is 11.9. The van der Waals surface area contributed by atoms with E-state index in [0.29, 0.717) is 16.4 Å². The molecule has 2 aromatic heterocycles. The lowest BCUT2D eigenvalue weighted by atomic mass is 10.4. The van der Waals surface area contributed by atoms with Gasteiger partial charge in [-0.1, -0.05) is 4.49 Å². The maximum Gasteiger partial charge on any atom is 0.322 e. The van der Waals surface area contributed by atoms with Gasteiger partial charge in [-0.15, -0.1) is 10.1 Å². The Kier molecular flexibility index (Phi) is 4.35. The number of nitrogens with one attached hydrogen (secondary N) is 1. The van der Waals surface area contributed by atoms with Crippen LogP contribution in [-0.4, -0.2) is 44.7 Å². The van der Waals surface area contributed by atoms with Gasteiger partial charge < -0.3 is 14.8 Å². The van der Waals surface area contributed by atoms with Gasteiger partial charge in [0.15, 0.2) is 5.82 Å². The monoisotopic (exact) mass is 296 g/mol. The van der Waals surface area contributed by atoms with Crippen LogP contribution in [0, 0.1) is 6.92 Å². The number of aryl methyl sites for hydroxylation is 1. The van der Waals surface area contributed by atoms with Crippen molar-refractivity contribution >= 4 is 17.4 Å². The van der Waals surface area contributed by atoms with E-state index >= 15 is 0 Å². The number of carbonyl (C=O) groups excluding carboxylic acids is 1. The van der Waals surface area contributed by atoms with E-state index in [1.54, 1.807) is 6.92 Å². The van der Waals surface area contributed by atoms with Crippen molar-refractivity contribution in [1.82, 2.24) is 29.9 Å². The average Bonchev–Trinajstić information content (AvgIpc) is 2.90. The number of ether oxygens (including phenoxy) is 2. The van der Waals surface area contributed by atoms with Gasteiger partial charge in [0.25, 0.3) is 5.91 Å². The van der Waals surface area contributed by atoms with E-state index in [1.807, 2.05) is 0 Å². The van der Waals surface area contributed by atoms with Gasteiger partial charge in [0.2, 0.25) is 0 Å². The summed E-state index contributed by atoms with van der Waals surface area (Å²) in [6.45, 7) is 1.83. The predicted octanol–water partition coefficient (Wildman–Crippen LogP) is -0.0213. The minimum atomic E-state index is -0.282. The lowest BCUT2D eigenvalue weighted by Gasteiger charge is -2.06. The molecule has 2 heterocycles. The first-order valence-corrected chi connectivity index (χ1v) is 6.31. The number of nitrogens with zero attached hydrogens (tertiary/aromatic N) is 5. The molecule has 0 aromatic carbocycles. The number of methoxy groups -OCH3 is 2. The molecule has 2 aromatic rings. The topological polar surface area (TPSA) is 112 Å². The molecule has 2 rings (SSSR count). The summed E-state index contributed by atoms with van der Waals surface area (Å²) in [6.07, 6.45) is 0. The molecule has 0 saturated heterocycles. The quantitative estimate of drug-likeness (QED) is 0.819. The number of carbonyl (C=O) groups is 1. The average molecular weight is 296 g/mol. The third kappa shape index (κ3) is 3.15. The summed E-state index contributed by atoms with van der Waals surface area (Å²) in [5.41, 5.74) is 0.582. The SMILES string of the molecule is COc1nc(CNC(=O)c2snnc2C)nc(OC)n1. The standard InChI is InChI=1S/C10H12N6O3S/c1-5-7(20-16-15-5)8(17)11-4-6-12-9(18-2)14-10(13-6)19-3/h4H2,1-3H3,(H,11,17). The molecule has 20 heavy (non-hydrogen) atoms. The highest BCUT2D eigenvalue weighted by atomic mass is 32.1. The first-order chi connectivity index (χ1) is 9.63. The zero-order chi connectivity index (χ0) is 14.5. The van der Waals surface area contributed by atoms with Crippen LogP contribution in [0.2, 0.25) is 0 Å². The van der Waals surface area contributed by atoms with E-state index < -0.39 is 0 Å². The van der Waals surface area contributed by atoms with Crippen molar-refractivity contribution in [3.63, 3.8) is 0 Å². The molecule has 1 amide bonds. The molecule has 0 spiro atoms. The summed E-state index contributed by atoms with van der Waals surface area (Å²) in [5.74, 6) is 0.0491. The van der Waals surface area contributed by atoms with Crippen molar-refractivity contribution in [3.8, 4) is 12.0 Å². The van der Waals surface area contributed by atoms with Crippen LogP contribution in [0.1, 0.15) is 21.2 Å². The Bertz CT molecular complexity index is 595. The summed E-state index contributed by atoms with van der Waals surface area (Å²) in [4.78, 5) is 24.2. The molecule has 0 fully saturated rings. The fourth-order valence-electron chi connectivity index (χ4n) is 1.32. The summed E-state index contributed by atoms with van der Waals surface area (Å²) in [5, 5.41) is 6.45. The van der Waals surface area contributed by atoms with Crippen LogP contribution < -0.4 is 14.8 Å². The van der Waals surface area contributed by atoms with E-state index in [0.717, 1.165) is 11.5 Å². The third-order valence-corrected chi connectivity index (χ3v) is 3.10. The molecule has 0 aliphatic rings. The van der Waals surface area contributed by atoms with E-state index in [9.17, 15) is 4.79 Å². The zero-order valence-corrected chi connectivity index (χ0v) is 11.9. The predicted molar refractivity (Wildman–Crippen MR) is 68.7 cm³/mol. The molecular weight excluding hydrogens is 284 g/mol. The highest BCUT2D eigenvalue weighted by molar-refractivity contribution is 7.07. The Hall–Kier alpha value is -2.36. The van der Waals surface area contributed by atoms with Crippen LogP contribution in [0.3, 0.4) is 0 Å². The minimum Gasteiger partial charge on any atom is -0.467 e. The van der Waals surface area contributed by atoms with E-state index in [4.69, 9.17) is 9.47 Å². The molecule has 10 heteroatoms. The number of aromatic nitrogens is 5. The van der Waals surface area contributed by atoms with Crippen LogP contribution in [0.4, 0.5) is 0 Å². The summed E-state index contributed by atoms with van der Waals surface area (Å²) < 4.78 is 13.5. The molecule has 0 unspecified atom stereocenters. The highest BCUT2D eigenvalue weighted by Crippen LogP contribution is 2.10. The van der Waals surface area contributed by atoms with Gasteiger partial charge >= 0.3 is 12.0 Å².